The van der Waals surface area contributed by atoms with Gasteiger partial charge in [0.1, 0.15) is 0 Å². The third kappa shape index (κ3) is 3.76. The van der Waals surface area contributed by atoms with Crippen LogP contribution in [0.3, 0.4) is 0 Å². The van der Waals surface area contributed by atoms with Crippen molar-refractivity contribution in [2.75, 3.05) is 13.3 Å². The SMILES string of the molecule is C[C@@H](c1cccc(Cl)c1)N(C)C(=O)c1ccc([S@@](C)=O)cc1. The van der Waals surface area contributed by atoms with Gasteiger partial charge in [-0.3, -0.25) is 9.00 Å². The number of benzene rings is 2. The molecule has 2 aromatic rings. The Bertz CT molecular complexity index is 700. The van der Waals surface area contributed by atoms with E-state index in [-0.39, 0.29) is 11.9 Å². The van der Waals surface area contributed by atoms with Gasteiger partial charge >= 0.3 is 0 Å². The number of hydrogen-bond acceptors (Lipinski definition) is 2. The van der Waals surface area contributed by atoms with Crippen molar-refractivity contribution in [2.45, 2.75) is 17.9 Å². The van der Waals surface area contributed by atoms with Crippen LogP contribution in [0.2, 0.25) is 5.02 Å². The van der Waals surface area contributed by atoms with Crippen LogP contribution in [0.15, 0.2) is 53.4 Å². The summed E-state index contributed by atoms with van der Waals surface area (Å²) >= 11 is 6.00. The van der Waals surface area contributed by atoms with Gasteiger partial charge in [-0.1, -0.05) is 23.7 Å². The molecule has 0 N–H and O–H groups in total. The fourth-order valence-corrected chi connectivity index (χ4v) is 2.88. The van der Waals surface area contributed by atoms with Gasteiger partial charge in [-0.25, -0.2) is 0 Å². The Hall–Kier alpha value is -1.65. The fraction of sp³-hybridized carbons (Fsp3) is 0.235. The third-order valence-corrected chi connectivity index (χ3v) is 4.84. The molecule has 0 aliphatic rings. The van der Waals surface area contributed by atoms with Crippen molar-refractivity contribution >= 4 is 28.3 Å². The molecule has 0 aromatic heterocycles. The van der Waals surface area contributed by atoms with E-state index < -0.39 is 10.8 Å². The molecule has 0 unspecified atom stereocenters. The first-order valence-corrected chi connectivity index (χ1v) is 8.80. The Morgan fingerprint density at radius 2 is 1.82 bits per heavy atom. The van der Waals surface area contributed by atoms with Crippen molar-refractivity contribution in [1.29, 1.82) is 0 Å². The minimum absolute atomic E-state index is 0.0825. The van der Waals surface area contributed by atoms with Crippen molar-refractivity contribution in [1.82, 2.24) is 4.90 Å². The molecule has 116 valence electrons. The molecular weight excluding hydrogens is 318 g/mol. The van der Waals surface area contributed by atoms with Gasteiger partial charge in [-0.2, -0.15) is 0 Å². The van der Waals surface area contributed by atoms with Crippen LogP contribution < -0.4 is 0 Å². The van der Waals surface area contributed by atoms with Crippen LogP contribution in [0.1, 0.15) is 28.9 Å². The van der Waals surface area contributed by atoms with Crippen LogP contribution >= 0.6 is 11.6 Å². The van der Waals surface area contributed by atoms with E-state index in [0.29, 0.717) is 15.5 Å². The molecule has 2 aromatic carbocycles. The monoisotopic (exact) mass is 335 g/mol. The molecule has 0 aliphatic carbocycles. The summed E-state index contributed by atoms with van der Waals surface area (Å²) in [6.45, 7) is 1.96. The lowest BCUT2D eigenvalue weighted by atomic mass is 10.1. The molecule has 0 bridgehead atoms. The molecule has 0 fully saturated rings. The number of hydrogen-bond donors (Lipinski definition) is 0. The maximum absolute atomic E-state index is 12.5. The molecule has 2 atom stereocenters. The number of halogens is 1. The Labute approximate surface area is 138 Å². The predicted molar refractivity (Wildman–Crippen MR) is 90.7 cm³/mol. The first-order chi connectivity index (χ1) is 10.4. The standard InChI is InChI=1S/C17H18ClNO2S/c1-12(14-5-4-6-15(18)11-14)19(2)17(20)13-7-9-16(10-8-13)22(3)21/h4-12H,1-3H3/t12-,22+/m0/s1. The Balaban J connectivity index is 2.19. The number of carbonyl (C=O) groups excluding carboxylic acids is 1. The molecule has 5 heteroatoms. The lowest BCUT2D eigenvalue weighted by Gasteiger charge is -2.25. The second-order valence-electron chi connectivity index (χ2n) is 5.13. The summed E-state index contributed by atoms with van der Waals surface area (Å²) in [6.07, 6.45) is 1.62. The van der Waals surface area contributed by atoms with Crippen LogP contribution in [-0.2, 0) is 10.8 Å². The van der Waals surface area contributed by atoms with E-state index in [9.17, 15) is 9.00 Å². The lowest BCUT2D eigenvalue weighted by molar-refractivity contribution is 0.0742. The second kappa shape index (κ2) is 7.07. The highest BCUT2D eigenvalue weighted by Gasteiger charge is 2.19. The van der Waals surface area contributed by atoms with Crippen molar-refractivity contribution in [3.8, 4) is 0 Å². The van der Waals surface area contributed by atoms with E-state index in [1.165, 1.54) is 0 Å². The van der Waals surface area contributed by atoms with E-state index in [0.717, 1.165) is 5.56 Å². The molecular formula is C17H18ClNO2S. The Morgan fingerprint density at radius 1 is 1.18 bits per heavy atom. The largest absolute Gasteiger partial charge is 0.335 e. The molecule has 0 radical (unpaired) electrons. The fourth-order valence-electron chi connectivity index (χ4n) is 2.16. The third-order valence-electron chi connectivity index (χ3n) is 3.67. The molecule has 1 amide bonds. The van der Waals surface area contributed by atoms with Crippen LogP contribution in [-0.4, -0.2) is 28.3 Å². The highest BCUT2D eigenvalue weighted by molar-refractivity contribution is 7.84. The summed E-state index contributed by atoms with van der Waals surface area (Å²) in [5.41, 5.74) is 1.56. The summed E-state index contributed by atoms with van der Waals surface area (Å²) in [5, 5.41) is 0.653. The molecule has 0 heterocycles. The first kappa shape index (κ1) is 16.7. The van der Waals surface area contributed by atoms with Crippen LogP contribution in [0.4, 0.5) is 0 Å². The molecule has 0 saturated carbocycles. The van der Waals surface area contributed by atoms with Gasteiger partial charge in [-0.15, -0.1) is 0 Å². The second-order valence-corrected chi connectivity index (χ2v) is 6.94. The van der Waals surface area contributed by atoms with Crippen molar-refractivity contribution in [3.63, 3.8) is 0 Å². The Kier molecular flexibility index (Phi) is 5.37. The number of rotatable bonds is 4. The molecule has 2 rings (SSSR count). The van der Waals surface area contributed by atoms with Gasteiger partial charge in [0.25, 0.3) is 5.91 Å². The van der Waals surface area contributed by atoms with Gasteiger partial charge < -0.3 is 4.90 Å². The summed E-state index contributed by atoms with van der Waals surface area (Å²) in [6, 6.07) is 14.3. The van der Waals surface area contributed by atoms with Crippen molar-refractivity contribution < 1.29 is 9.00 Å². The maximum atomic E-state index is 12.5. The molecule has 22 heavy (non-hydrogen) atoms. The predicted octanol–water partition coefficient (Wildman–Crippen LogP) is 3.91. The summed E-state index contributed by atoms with van der Waals surface area (Å²) in [7, 11) is 0.722. The first-order valence-electron chi connectivity index (χ1n) is 6.86. The Morgan fingerprint density at radius 3 is 2.36 bits per heavy atom. The van der Waals surface area contributed by atoms with Gasteiger partial charge in [-0.05, 0) is 48.9 Å². The normalized spacial score (nSPS) is 13.5. The van der Waals surface area contributed by atoms with E-state index >= 15 is 0 Å². The lowest BCUT2D eigenvalue weighted by Crippen LogP contribution is -2.29. The van der Waals surface area contributed by atoms with Crippen molar-refractivity contribution in [2.24, 2.45) is 0 Å². The van der Waals surface area contributed by atoms with Crippen LogP contribution in [0, 0.1) is 0 Å². The molecule has 0 saturated heterocycles. The number of nitrogens with zero attached hydrogens (tertiary/aromatic N) is 1. The van der Waals surface area contributed by atoms with Gasteiger partial charge in [0.15, 0.2) is 0 Å². The van der Waals surface area contributed by atoms with Gasteiger partial charge in [0.05, 0.1) is 6.04 Å². The zero-order valence-corrected chi connectivity index (χ0v) is 14.3. The maximum Gasteiger partial charge on any atom is 0.254 e. The average Bonchev–Trinajstić information content (AvgIpc) is 2.52. The highest BCUT2D eigenvalue weighted by atomic mass is 35.5. The van der Waals surface area contributed by atoms with Crippen molar-refractivity contribution in [3.05, 3.63) is 64.7 Å². The quantitative estimate of drug-likeness (QED) is 0.849. The minimum atomic E-state index is -1.04. The highest BCUT2D eigenvalue weighted by Crippen LogP contribution is 2.23. The van der Waals surface area contributed by atoms with E-state index in [1.807, 2.05) is 31.2 Å². The zero-order chi connectivity index (χ0) is 16.3. The smallest absolute Gasteiger partial charge is 0.254 e. The number of amides is 1. The van der Waals surface area contributed by atoms with E-state index in [4.69, 9.17) is 11.6 Å². The van der Waals surface area contributed by atoms with E-state index in [2.05, 4.69) is 0 Å². The zero-order valence-electron chi connectivity index (χ0n) is 12.7. The van der Waals surface area contributed by atoms with Gasteiger partial charge in [0, 0.05) is 39.6 Å². The minimum Gasteiger partial charge on any atom is -0.335 e. The van der Waals surface area contributed by atoms with E-state index in [1.54, 1.807) is 42.5 Å². The van der Waals surface area contributed by atoms with Crippen LogP contribution in [0.5, 0.6) is 0 Å². The molecule has 3 nitrogen and oxygen atoms in total. The van der Waals surface area contributed by atoms with Crippen LogP contribution in [0.25, 0.3) is 0 Å². The van der Waals surface area contributed by atoms with Gasteiger partial charge in [0.2, 0.25) is 0 Å². The number of carbonyl (C=O) groups is 1. The average molecular weight is 336 g/mol. The summed E-state index contributed by atoms with van der Waals surface area (Å²) in [4.78, 5) is 14.9. The summed E-state index contributed by atoms with van der Waals surface area (Å²) in [5.74, 6) is -0.0825. The molecule has 0 spiro atoms. The topological polar surface area (TPSA) is 37.4 Å². The summed E-state index contributed by atoms with van der Waals surface area (Å²) < 4.78 is 11.4. The molecule has 0 aliphatic heterocycles.